The molecule has 1 aliphatic rings. The molecule has 0 saturated heterocycles. The van der Waals surface area contributed by atoms with Gasteiger partial charge in [-0.2, -0.15) is 0 Å². The van der Waals surface area contributed by atoms with Crippen LogP contribution in [-0.4, -0.2) is 32.1 Å². The highest BCUT2D eigenvalue weighted by Crippen LogP contribution is 2.59. The van der Waals surface area contributed by atoms with Gasteiger partial charge in [-0.05, 0) is 0 Å². The van der Waals surface area contributed by atoms with Crippen LogP contribution in [0, 0.1) is 17.8 Å². The van der Waals surface area contributed by atoms with Crippen LogP contribution < -0.4 is 0 Å². The largest absolute Gasteiger partial charge is 0.469 e. The van der Waals surface area contributed by atoms with Crippen LogP contribution in [0.15, 0.2) is 0 Å². The topological polar surface area (TPSA) is 52.6 Å². The van der Waals surface area contributed by atoms with E-state index in [0.717, 1.165) is 14.2 Å². The Morgan fingerprint density at radius 3 is 2.20 bits per heavy atom. The molecule has 0 amide bonds. The van der Waals surface area contributed by atoms with Crippen LogP contribution in [0.4, 0.5) is 8.78 Å². The highest BCUT2D eigenvalue weighted by atomic mass is 19.3. The number of methoxy groups -OCH3 is 2. The molecule has 6 heteroatoms. The summed E-state index contributed by atoms with van der Waals surface area (Å²) in [6, 6.07) is 0. The van der Waals surface area contributed by atoms with Gasteiger partial charge >= 0.3 is 11.9 Å². The molecule has 0 N–H and O–H groups in total. The number of hydrogen-bond acceptors (Lipinski definition) is 4. The van der Waals surface area contributed by atoms with E-state index in [9.17, 15) is 18.4 Å². The monoisotopic (exact) mass is 222 g/mol. The van der Waals surface area contributed by atoms with Crippen molar-refractivity contribution in [2.24, 2.45) is 17.8 Å². The van der Waals surface area contributed by atoms with E-state index in [4.69, 9.17) is 0 Å². The van der Waals surface area contributed by atoms with E-state index >= 15 is 0 Å². The minimum absolute atomic E-state index is 0.744. The third-order valence-electron chi connectivity index (χ3n) is 2.68. The fourth-order valence-corrected chi connectivity index (χ4v) is 1.74. The van der Waals surface area contributed by atoms with Crippen molar-refractivity contribution in [2.45, 2.75) is 12.8 Å². The van der Waals surface area contributed by atoms with E-state index in [2.05, 4.69) is 9.47 Å². The second kappa shape index (κ2) is 3.75. The lowest BCUT2D eigenvalue weighted by molar-refractivity contribution is -0.146. The number of carbonyl (C=O) groups excluding carboxylic acids is 2. The Morgan fingerprint density at radius 1 is 1.27 bits per heavy atom. The second-order valence-electron chi connectivity index (χ2n) is 3.51. The minimum Gasteiger partial charge on any atom is -0.469 e. The maximum atomic E-state index is 13.1. The molecule has 0 aromatic heterocycles. The van der Waals surface area contributed by atoms with E-state index in [1.165, 1.54) is 6.92 Å². The Hall–Kier alpha value is -1.20. The van der Waals surface area contributed by atoms with Crippen LogP contribution in [-0.2, 0) is 19.1 Å². The first kappa shape index (κ1) is 11.9. The Morgan fingerprint density at radius 2 is 1.80 bits per heavy atom. The predicted molar refractivity (Wildman–Crippen MR) is 45.1 cm³/mol. The van der Waals surface area contributed by atoms with Gasteiger partial charge in [0.2, 0.25) is 0 Å². The third kappa shape index (κ3) is 1.80. The molecule has 0 radical (unpaired) electrons. The van der Waals surface area contributed by atoms with E-state index in [0.29, 0.717) is 0 Å². The Labute approximate surface area is 85.5 Å². The second-order valence-corrected chi connectivity index (χ2v) is 3.51. The molecule has 0 spiro atoms. The Bertz CT molecular complexity index is 290. The van der Waals surface area contributed by atoms with Crippen molar-refractivity contribution >= 4 is 11.9 Å². The molecule has 1 fully saturated rings. The molecule has 3 atom stereocenters. The summed E-state index contributed by atoms with van der Waals surface area (Å²) in [5.41, 5.74) is 0. The third-order valence-corrected chi connectivity index (χ3v) is 2.68. The molecule has 86 valence electrons. The first-order valence-electron chi connectivity index (χ1n) is 4.41. The smallest absolute Gasteiger partial charge is 0.315 e. The van der Waals surface area contributed by atoms with Crippen molar-refractivity contribution in [3.05, 3.63) is 0 Å². The van der Waals surface area contributed by atoms with E-state index in [-0.39, 0.29) is 0 Å². The normalized spacial score (nSPS) is 29.1. The summed E-state index contributed by atoms with van der Waals surface area (Å²) >= 11 is 0. The van der Waals surface area contributed by atoms with Gasteiger partial charge < -0.3 is 9.47 Å². The van der Waals surface area contributed by atoms with E-state index in [1.54, 1.807) is 0 Å². The molecule has 0 aromatic rings. The summed E-state index contributed by atoms with van der Waals surface area (Å²) in [5, 5.41) is 0. The molecule has 4 nitrogen and oxygen atoms in total. The standard InChI is InChI=1S/C9H12F2O4/c1-4(7(12)14-2)5-6(8(13)15-3)9(5,10)11/h4-6H,1-3H3. The van der Waals surface area contributed by atoms with Crippen LogP contribution >= 0.6 is 0 Å². The van der Waals surface area contributed by atoms with Crippen LogP contribution in [0.25, 0.3) is 0 Å². The molecule has 3 unspecified atom stereocenters. The molecule has 0 aromatic carbocycles. The quantitative estimate of drug-likeness (QED) is 0.664. The van der Waals surface area contributed by atoms with Crippen molar-refractivity contribution in [3.8, 4) is 0 Å². The Balaban J connectivity index is 2.74. The first-order chi connectivity index (χ1) is 6.87. The van der Waals surface area contributed by atoms with Gasteiger partial charge in [0.15, 0.2) is 0 Å². The molecule has 1 saturated carbocycles. The van der Waals surface area contributed by atoms with E-state index < -0.39 is 35.6 Å². The SMILES string of the molecule is COC(=O)C(C)C1C(C(=O)OC)C1(F)F. The maximum absolute atomic E-state index is 13.1. The molecule has 1 rings (SSSR count). The molecular formula is C9H12F2O4. The van der Waals surface area contributed by atoms with Crippen LogP contribution in [0.5, 0.6) is 0 Å². The van der Waals surface area contributed by atoms with Crippen LogP contribution in [0.1, 0.15) is 6.92 Å². The summed E-state index contributed by atoms with van der Waals surface area (Å²) in [5.74, 6) is -8.73. The lowest BCUT2D eigenvalue weighted by Crippen LogP contribution is -2.18. The molecule has 15 heavy (non-hydrogen) atoms. The highest BCUT2D eigenvalue weighted by Gasteiger charge is 2.75. The number of ether oxygens (including phenoxy) is 2. The van der Waals surface area contributed by atoms with Crippen molar-refractivity contribution in [3.63, 3.8) is 0 Å². The fraction of sp³-hybridized carbons (Fsp3) is 0.778. The van der Waals surface area contributed by atoms with Gasteiger partial charge in [0.05, 0.1) is 26.1 Å². The summed E-state index contributed by atoms with van der Waals surface area (Å²) < 4.78 is 34.8. The average Bonchev–Trinajstić information content (AvgIpc) is 2.78. The summed E-state index contributed by atoms with van der Waals surface area (Å²) in [6.07, 6.45) is 0. The minimum atomic E-state index is -3.17. The molecule has 0 bridgehead atoms. The summed E-state index contributed by atoms with van der Waals surface area (Å²) in [6.45, 7) is 1.31. The van der Waals surface area contributed by atoms with Gasteiger partial charge in [0.1, 0.15) is 5.92 Å². The van der Waals surface area contributed by atoms with Gasteiger partial charge in [0, 0.05) is 0 Å². The number of hydrogen-bond donors (Lipinski definition) is 0. The lowest BCUT2D eigenvalue weighted by Gasteiger charge is -2.06. The Kier molecular flexibility index (Phi) is 2.97. The average molecular weight is 222 g/mol. The van der Waals surface area contributed by atoms with Crippen LogP contribution in [0.2, 0.25) is 0 Å². The predicted octanol–water partition coefficient (Wildman–Crippen LogP) is 0.850. The number of carbonyl (C=O) groups is 2. The van der Waals surface area contributed by atoms with Crippen LogP contribution in [0.3, 0.4) is 0 Å². The fourth-order valence-electron chi connectivity index (χ4n) is 1.74. The number of alkyl halides is 2. The lowest BCUT2D eigenvalue weighted by atomic mass is 10.1. The summed E-state index contributed by atoms with van der Waals surface area (Å²) in [4.78, 5) is 22.0. The zero-order valence-electron chi connectivity index (χ0n) is 8.62. The van der Waals surface area contributed by atoms with Gasteiger partial charge in [0.25, 0.3) is 5.92 Å². The number of halogens is 2. The van der Waals surface area contributed by atoms with Gasteiger partial charge in [-0.15, -0.1) is 0 Å². The number of esters is 2. The van der Waals surface area contributed by atoms with Crippen molar-refractivity contribution < 1.29 is 27.8 Å². The highest BCUT2D eigenvalue weighted by molar-refractivity contribution is 5.81. The summed E-state index contributed by atoms with van der Waals surface area (Å²) in [7, 11) is 2.16. The molecule has 1 aliphatic carbocycles. The zero-order chi connectivity index (χ0) is 11.8. The maximum Gasteiger partial charge on any atom is 0.315 e. The first-order valence-corrected chi connectivity index (χ1v) is 4.41. The van der Waals surface area contributed by atoms with Crippen molar-refractivity contribution in [2.75, 3.05) is 14.2 Å². The molecule has 0 heterocycles. The van der Waals surface area contributed by atoms with Gasteiger partial charge in [-0.3, -0.25) is 9.59 Å². The van der Waals surface area contributed by atoms with Crippen molar-refractivity contribution in [1.29, 1.82) is 0 Å². The van der Waals surface area contributed by atoms with Crippen molar-refractivity contribution in [1.82, 2.24) is 0 Å². The van der Waals surface area contributed by atoms with E-state index in [1.807, 2.05) is 0 Å². The molecule has 0 aliphatic heterocycles. The van der Waals surface area contributed by atoms with Gasteiger partial charge in [-0.1, -0.05) is 6.92 Å². The molecular weight excluding hydrogens is 210 g/mol. The number of rotatable bonds is 3. The van der Waals surface area contributed by atoms with Gasteiger partial charge in [-0.25, -0.2) is 8.78 Å². The zero-order valence-corrected chi connectivity index (χ0v) is 8.62.